The molecular formula is C11H22N2O. The van der Waals surface area contributed by atoms with Gasteiger partial charge in [-0.05, 0) is 51.9 Å². The first-order valence-electron chi connectivity index (χ1n) is 5.94. The van der Waals surface area contributed by atoms with E-state index in [1.807, 2.05) is 0 Å². The zero-order chi connectivity index (χ0) is 9.86. The average Bonchev–Trinajstić information content (AvgIpc) is 2.19. The molecule has 3 heteroatoms. The summed E-state index contributed by atoms with van der Waals surface area (Å²) in [5, 5.41) is 13.6. The summed E-state index contributed by atoms with van der Waals surface area (Å²) in [6, 6.07) is 0. The molecule has 82 valence electrons. The first kappa shape index (κ1) is 10.4. The van der Waals surface area contributed by atoms with Gasteiger partial charge in [0.15, 0.2) is 0 Å². The Balaban J connectivity index is 1.81. The maximum atomic E-state index is 10.3. The summed E-state index contributed by atoms with van der Waals surface area (Å²) >= 11 is 0. The molecule has 3 nitrogen and oxygen atoms in total. The Morgan fingerprint density at radius 1 is 1.07 bits per heavy atom. The highest BCUT2D eigenvalue weighted by Gasteiger charge is 2.31. The molecule has 0 aromatic carbocycles. The van der Waals surface area contributed by atoms with E-state index in [2.05, 4.69) is 10.2 Å². The third-order valence-electron chi connectivity index (χ3n) is 3.50. The third-order valence-corrected chi connectivity index (χ3v) is 3.50. The van der Waals surface area contributed by atoms with Gasteiger partial charge in [0.05, 0.1) is 5.60 Å². The molecule has 0 spiro atoms. The normalized spacial score (nSPS) is 28.9. The fourth-order valence-electron chi connectivity index (χ4n) is 2.58. The minimum absolute atomic E-state index is 0.400. The Labute approximate surface area is 86.5 Å². The number of piperidine rings is 2. The van der Waals surface area contributed by atoms with Crippen LogP contribution in [0, 0.1) is 0 Å². The second kappa shape index (κ2) is 4.60. The third kappa shape index (κ3) is 2.69. The van der Waals surface area contributed by atoms with Crippen molar-refractivity contribution in [3.8, 4) is 0 Å². The van der Waals surface area contributed by atoms with E-state index in [4.69, 9.17) is 0 Å². The van der Waals surface area contributed by atoms with Gasteiger partial charge in [0, 0.05) is 6.54 Å². The lowest BCUT2D eigenvalue weighted by Gasteiger charge is -2.38. The van der Waals surface area contributed by atoms with E-state index in [0.29, 0.717) is 0 Å². The summed E-state index contributed by atoms with van der Waals surface area (Å²) < 4.78 is 0. The van der Waals surface area contributed by atoms with E-state index in [0.717, 1.165) is 32.5 Å². The van der Waals surface area contributed by atoms with Crippen molar-refractivity contribution >= 4 is 0 Å². The lowest BCUT2D eigenvalue weighted by atomic mass is 9.91. The Morgan fingerprint density at radius 2 is 1.71 bits per heavy atom. The molecular weight excluding hydrogens is 176 g/mol. The van der Waals surface area contributed by atoms with Crippen LogP contribution >= 0.6 is 0 Å². The molecule has 0 aromatic rings. The standard InChI is InChI=1S/C11H22N2O/c14-11(4-6-12-7-5-11)10-13-8-2-1-3-9-13/h12,14H,1-10H2. The van der Waals surface area contributed by atoms with Crippen molar-refractivity contribution in [2.75, 3.05) is 32.7 Å². The van der Waals surface area contributed by atoms with Crippen LogP contribution in [0.15, 0.2) is 0 Å². The van der Waals surface area contributed by atoms with Gasteiger partial charge in [0.25, 0.3) is 0 Å². The van der Waals surface area contributed by atoms with E-state index >= 15 is 0 Å². The van der Waals surface area contributed by atoms with Crippen molar-refractivity contribution in [3.05, 3.63) is 0 Å². The van der Waals surface area contributed by atoms with Crippen LogP contribution in [0.25, 0.3) is 0 Å². The Bertz CT molecular complexity index is 172. The molecule has 0 saturated carbocycles. The number of hydrogen-bond donors (Lipinski definition) is 2. The van der Waals surface area contributed by atoms with Crippen LogP contribution in [0.3, 0.4) is 0 Å². The average molecular weight is 198 g/mol. The molecule has 0 amide bonds. The first-order chi connectivity index (χ1) is 6.79. The zero-order valence-corrected chi connectivity index (χ0v) is 8.97. The second-order valence-electron chi connectivity index (χ2n) is 4.81. The maximum Gasteiger partial charge on any atom is 0.0798 e. The summed E-state index contributed by atoms with van der Waals surface area (Å²) in [7, 11) is 0. The van der Waals surface area contributed by atoms with Gasteiger partial charge < -0.3 is 15.3 Å². The smallest absolute Gasteiger partial charge is 0.0798 e. The van der Waals surface area contributed by atoms with E-state index in [-0.39, 0.29) is 0 Å². The van der Waals surface area contributed by atoms with Gasteiger partial charge in [-0.1, -0.05) is 6.42 Å². The fraction of sp³-hybridized carbons (Fsp3) is 1.00. The topological polar surface area (TPSA) is 35.5 Å². The van der Waals surface area contributed by atoms with Crippen LogP contribution in [0.2, 0.25) is 0 Å². The number of β-amino-alcohol motifs (C(OH)–C–C–N with tert-alkyl or cyclic N) is 1. The summed E-state index contributed by atoms with van der Waals surface area (Å²) in [4.78, 5) is 2.44. The van der Waals surface area contributed by atoms with Crippen molar-refractivity contribution in [3.63, 3.8) is 0 Å². The van der Waals surface area contributed by atoms with Crippen molar-refractivity contribution in [2.24, 2.45) is 0 Å². The summed E-state index contributed by atoms with van der Waals surface area (Å²) in [6.07, 6.45) is 5.84. The number of hydrogen-bond acceptors (Lipinski definition) is 3. The van der Waals surface area contributed by atoms with Gasteiger partial charge in [-0.15, -0.1) is 0 Å². The molecule has 0 bridgehead atoms. The van der Waals surface area contributed by atoms with E-state index < -0.39 is 5.60 Å². The van der Waals surface area contributed by atoms with Crippen LogP contribution in [0.5, 0.6) is 0 Å². The van der Waals surface area contributed by atoms with Crippen molar-refractivity contribution in [1.82, 2.24) is 10.2 Å². The molecule has 2 N–H and O–H groups in total. The Morgan fingerprint density at radius 3 is 2.36 bits per heavy atom. The van der Waals surface area contributed by atoms with Crippen molar-refractivity contribution < 1.29 is 5.11 Å². The van der Waals surface area contributed by atoms with Gasteiger partial charge in [0.2, 0.25) is 0 Å². The van der Waals surface area contributed by atoms with Gasteiger partial charge in [0.1, 0.15) is 0 Å². The highest BCUT2D eigenvalue weighted by molar-refractivity contribution is 4.87. The first-order valence-corrected chi connectivity index (χ1v) is 5.94. The number of aliphatic hydroxyl groups is 1. The molecule has 2 rings (SSSR count). The minimum Gasteiger partial charge on any atom is -0.388 e. The quantitative estimate of drug-likeness (QED) is 0.681. The Hall–Kier alpha value is -0.120. The second-order valence-corrected chi connectivity index (χ2v) is 4.81. The van der Waals surface area contributed by atoms with Crippen LogP contribution < -0.4 is 5.32 Å². The molecule has 2 saturated heterocycles. The van der Waals surface area contributed by atoms with Crippen molar-refractivity contribution in [1.29, 1.82) is 0 Å². The molecule has 2 fully saturated rings. The molecule has 0 aliphatic carbocycles. The number of rotatable bonds is 2. The van der Waals surface area contributed by atoms with Crippen LogP contribution in [-0.2, 0) is 0 Å². The molecule has 0 unspecified atom stereocenters. The maximum absolute atomic E-state index is 10.3. The monoisotopic (exact) mass is 198 g/mol. The van der Waals surface area contributed by atoms with Crippen LogP contribution in [0.1, 0.15) is 32.1 Å². The number of likely N-dealkylation sites (tertiary alicyclic amines) is 1. The SMILES string of the molecule is OC1(CN2CCCCC2)CCNCC1. The van der Waals surface area contributed by atoms with E-state index in [1.54, 1.807) is 0 Å². The van der Waals surface area contributed by atoms with Crippen molar-refractivity contribution in [2.45, 2.75) is 37.7 Å². The van der Waals surface area contributed by atoms with Gasteiger partial charge in [-0.25, -0.2) is 0 Å². The summed E-state index contributed by atoms with van der Waals surface area (Å²) in [6.45, 7) is 5.23. The number of nitrogens with zero attached hydrogens (tertiary/aromatic N) is 1. The summed E-state index contributed by atoms with van der Waals surface area (Å²) in [5.41, 5.74) is -0.400. The molecule has 0 radical (unpaired) electrons. The molecule has 2 aliphatic rings. The number of nitrogens with one attached hydrogen (secondary N) is 1. The highest BCUT2D eigenvalue weighted by Crippen LogP contribution is 2.21. The summed E-state index contributed by atoms with van der Waals surface area (Å²) in [5.74, 6) is 0. The lowest BCUT2D eigenvalue weighted by Crippen LogP contribution is -2.50. The van der Waals surface area contributed by atoms with Gasteiger partial charge in [-0.2, -0.15) is 0 Å². The molecule has 14 heavy (non-hydrogen) atoms. The van der Waals surface area contributed by atoms with E-state index in [1.165, 1.54) is 32.4 Å². The molecule has 0 aromatic heterocycles. The minimum atomic E-state index is -0.400. The molecule has 2 heterocycles. The molecule has 2 aliphatic heterocycles. The van der Waals surface area contributed by atoms with Crippen LogP contribution in [0.4, 0.5) is 0 Å². The Kier molecular flexibility index (Phi) is 3.42. The highest BCUT2D eigenvalue weighted by atomic mass is 16.3. The largest absolute Gasteiger partial charge is 0.388 e. The van der Waals surface area contributed by atoms with Crippen LogP contribution in [-0.4, -0.2) is 48.3 Å². The van der Waals surface area contributed by atoms with E-state index in [9.17, 15) is 5.11 Å². The zero-order valence-electron chi connectivity index (χ0n) is 8.97. The fourth-order valence-corrected chi connectivity index (χ4v) is 2.58. The molecule has 0 atom stereocenters. The predicted octanol–water partition coefficient (Wildman–Crippen LogP) is 0.587. The van der Waals surface area contributed by atoms with Gasteiger partial charge in [-0.3, -0.25) is 0 Å². The lowest BCUT2D eigenvalue weighted by molar-refractivity contribution is -0.0245. The van der Waals surface area contributed by atoms with Gasteiger partial charge >= 0.3 is 0 Å². The predicted molar refractivity (Wildman–Crippen MR) is 57.3 cm³/mol.